The molecule has 1 aliphatic heterocycles. The zero-order chi connectivity index (χ0) is 14.8. The lowest BCUT2D eigenvalue weighted by Crippen LogP contribution is -2.48. The maximum Gasteiger partial charge on any atom is 0.319 e. The van der Waals surface area contributed by atoms with Crippen LogP contribution >= 0.6 is 0 Å². The SMILES string of the molecule is COC(=O)CN1CCN(c2nccc3oc(C)cc23)CC1. The number of rotatable bonds is 3. The fourth-order valence-electron chi connectivity index (χ4n) is 2.69. The standard InChI is InChI=1S/C15H19N3O3/c1-11-9-12-13(21-11)3-4-16-15(12)18-7-5-17(6-8-18)10-14(19)20-2/h3-4,9H,5-8,10H2,1-2H3. The van der Waals surface area contributed by atoms with Crippen molar-refractivity contribution in [3.63, 3.8) is 0 Å². The molecule has 0 aromatic carbocycles. The highest BCUT2D eigenvalue weighted by molar-refractivity contribution is 5.89. The van der Waals surface area contributed by atoms with E-state index < -0.39 is 0 Å². The lowest BCUT2D eigenvalue weighted by atomic mass is 10.2. The minimum atomic E-state index is -0.186. The Hall–Kier alpha value is -2.08. The van der Waals surface area contributed by atoms with Crippen LogP contribution in [0.1, 0.15) is 5.76 Å². The van der Waals surface area contributed by atoms with Crippen molar-refractivity contribution in [3.05, 3.63) is 24.1 Å². The van der Waals surface area contributed by atoms with Crippen molar-refractivity contribution < 1.29 is 13.9 Å². The molecule has 0 N–H and O–H groups in total. The molecule has 0 amide bonds. The van der Waals surface area contributed by atoms with Gasteiger partial charge in [0, 0.05) is 32.4 Å². The van der Waals surface area contributed by atoms with Gasteiger partial charge in [-0.2, -0.15) is 0 Å². The first-order valence-electron chi connectivity index (χ1n) is 7.06. The largest absolute Gasteiger partial charge is 0.468 e. The van der Waals surface area contributed by atoms with Gasteiger partial charge in [0.05, 0.1) is 19.0 Å². The number of anilines is 1. The molecule has 0 spiro atoms. The molecule has 0 atom stereocenters. The Morgan fingerprint density at radius 3 is 2.86 bits per heavy atom. The van der Waals surface area contributed by atoms with Crippen LogP contribution in [-0.4, -0.2) is 55.7 Å². The van der Waals surface area contributed by atoms with Gasteiger partial charge in [-0.05, 0) is 19.1 Å². The van der Waals surface area contributed by atoms with Crippen molar-refractivity contribution >= 4 is 22.8 Å². The molecule has 112 valence electrons. The fraction of sp³-hybridized carbons (Fsp3) is 0.467. The summed E-state index contributed by atoms with van der Waals surface area (Å²) in [6.07, 6.45) is 1.78. The van der Waals surface area contributed by atoms with E-state index in [-0.39, 0.29) is 5.97 Å². The summed E-state index contributed by atoms with van der Waals surface area (Å²) in [5.74, 6) is 1.67. The molecular formula is C15H19N3O3. The van der Waals surface area contributed by atoms with Crippen LogP contribution in [0, 0.1) is 6.92 Å². The Morgan fingerprint density at radius 1 is 1.38 bits per heavy atom. The van der Waals surface area contributed by atoms with Crippen molar-refractivity contribution in [2.75, 3.05) is 44.7 Å². The Bertz CT molecular complexity index is 645. The van der Waals surface area contributed by atoms with E-state index in [9.17, 15) is 4.79 Å². The number of nitrogens with zero attached hydrogens (tertiary/aromatic N) is 3. The van der Waals surface area contributed by atoms with Crippen LogP contribution in [0.3, 0.4) is 0 Å². The van der Waals surface area contributed by atoms with Crippen molar-refractivity contribution in [2.45, 2.75) is 6.92 Å². The summed E-state index contributed by atoms with van der Waals surface area (Å²) < 4.78 is 10.4. The predicted molar refractivity (Wildman–Crippen MR) is 79.4 cm³/mol. The smallest absolute Gasteiger partial charge is 0.319 e. The second kappa shape index (κ2) is 5.73. The average molecular weight is 289 g/mol. The van der Waals surface area contributed by atoms with Crippen LogP contribution in [0.15, 0.2) is 22.7 Å². The third kappa shape index (κ3) is 2.85. The minimum absolute atomic E-state index is 0.186. The molecule has 1 saturated heterocycles. The number of esters is 1. The zero-order valence-electron chi connectivity index (χ0n) is 12.3. The van der Waals surface area contributed by atoms with Crippen molar-refractivity contribution in [1.29, 1.82) is 0 Å². The third-order valence-electron chi connectivity index (χ3n) is 3.80. The number of carbonyl (C=O) groups is 1. The Kier molecular flexibility index (Phi) is 3.79. The summed E-state index contributed by atoms with van der Waals surface area (Å²) in [5.41, 5.74) is 0.870. The van der Waals surface area contributed by atoms with Crippen molar-refractivity contribution in [2.24, 2.45) is 0 Å². The number of pyridine rings is 1. The molecule has 0 radical (unpaired) electrons. The van der Waals surface area contributed by atoms with E-state index in [1.807, 2.05) is 19.1 Å². The minimum Gasteiger partial charge on any atom is -0.468 e. The van der Waals surface area contributed by atoms with Crippen LogP contribution in [-0.2, 0) is 9.53 Å². The van der Waals surface area contributed by atoms with Gasteiger partial charge in [0.15, 0.2) is 0 Å². The summed E-state index contributed by atoms with van der Waals surface area (Å²) in [7, 11) is 1.42. The van der Waals surface area contributed by atoms with Crippen LogP contribution in [0.25, 0.3) is 11.0 Å². The predicted octanol–water partition coefficient (Wildman–Crippen LogP) is 1.43. The van der Waals surface area contributed by atoms with E-state index in [2.05, 4.69) is 14.8 Å². The molecule has 0 unspecified atom stereocenters. The van der Waals surface area contributed by atoms with Gasteiger partial charge >= 0.3 is 5.97 Å². The van der Waals surface area contributed by atoms with Crippen molar-refractivity contribution in [1.82, 2.24) is 9.88 Å². The molecule has 2 aromatic rings. The van der Waals surface area contributed by atoms with Gasteiger partial charge in [-0.25, -0.2) is 4.98 Å². The monoisotopic (exact) mass is 289 g/mol. The van der Waals surface area contributed by atoms with Crippen molar-refractivity contribution in [3.8, 4) is 0 Å². The number of furan rings is 1. The van der Waals surface area contributed by atoms with Crippen LogP contribution < -0.4 is 4.90 Å². The summed E-state index contributed by atoms with van der Waals surface area (Å²) in [6, 6.07) is 3.91. The van der Waals surface area contributed by atoms with Gasteiger partial charge in [-0.1, -0.05) is 0 Å². The van der Waals surface area contributed by atoms with Crippen LogP contribution in [0.5, 0.6) is 0 Å². The van der Waals surface area contributed by atoms with Crippen LogP contribution in [0.2, 0.25) is 0 Å². The Labute approximate surface area is 123 Å². The molecule has 3 rings (SSSR count). The molecule has 2 aromatic heterocycles. The number of hydrogen-bond donors (Lipinski definition) is 0. The van der Waals surface area contributed by atoms with Crippen LogP contribution in [0.4, 0.5) is 5.82 Å². The van der Waals surface area contributed by atoms with E-state index in [1.54, 1.807) is 6.20 Å². The first kappa shape index (κ1) is 13.9. The second-order valence-corrected chi connectivity index (χ2v) is 5.24. The molecule has 1 aliphatic rings. The number of aryl methyl sites for hydroxylation is 1. The second-order valence-electron chi connectivity index (χ2n) is 5.24. The quantitative estimate of drug-likeness (QED) is 0.797. The van der Waals surface area contributed by atoms with E-state index in [0.29, 0.717) is 6.54 Å². The highest BCUT2D eigenvalue weighted by Crippen LogP contribution is 2.27. The highest BCUT2D eigenvalue weighted by atomic mass is 16.5. The van der Waals surface area contributed by atoms with Gasteiger partial charge in [-0.3, -0.25) is 9.69 Å². The average Bonchev–Trinajstić information content (AvgIpc) is 2.88. The highest BCUT2D eigenvalue weighted by Gasteiger charge is 2.22. The van der Waals surface area contributed by atoms with E-state index in [1.165, 1.54) is 7.11 Å². The molecule has 1 fully saturated rings. The number of aromatic nitrogens is 1. The number of piperazine rings is 1. The summed E-state index contributed by atoms with van der Waals surface area (Å²) in [6.45, 7) is 5.62. The van der Waals surface area contributed by atoms with E-state index in [0.717, 1.165) is 48.7 Å². The molecular weight excluding hydrogens is 270 g/mol. The zero-order valence-corrected chi connectivity index (χ0v) is 12.3. The number of carbonyl (C=O) groups excluding carboxylic acids is 1. The lowest BCUT2D eigenvalue weighted by Gasteiger charge is -2.34. The molecule has 0 saturated carbocycles. The topological polar surface area (TPSA) is 58.8 Å². The summed E-state index contributed by atoms with van der Waals surface area (Å²) in [5, 5.41) is 1.05. The fourth-order valence-corrected chi connectivity index (χ4v) is 2.69. The van der Waals surface area contributed by atoms with Gasteiger partial charge in [-0.15, -0.1) is 0 Å². The molecule has 6 heteroatoms. The first-order valence-corrected chi connectivity index (χ1v) is 7.06. The molecule has 3 heterocycles. The molecule has 6 nitrogen and oxygen atoms in total. The molecule has 21 heavy (non-hydrogen) atoms. The van der Waals surface area contributed by atoms with Gasteiger partial charge in [0.25, 0.3) is 0 Å². The lowest BCUT2D eigenvalue weighted by molar-refractivity contribution is -0.142. The summed E-state index contributed by atoms with van der Waals surface area (Å²) in [4.78, 5) is 20.2. The first-order chi connectivity index (χ1) is 10.2. The van der Waals surface area contributed by atoms with Gasteiger partial charge < -0.3 is 14.1 Å². The Balaban J connectivity index is 1.72. The number of methoxy groups -OCH3 is 1. The maximum atomic E-state index is 11.3. The van der Waals surface area contributed by atoms with Gasteiger partial charge in [0.2, 0.25) is 0 Å². The third-order valence-corrected chi connectivity index (χ3v) is 3.80. The maximum absolute atomic E-state index is 11.3. The number of fused-ring (bicyclic) bond motifs is 1. The summed E-state index contributed by atoms with van der Waals surface area (Å²) >= 11 is 0. The number of ether oxygens (including phenoxy) is 1. The Morgan fingerprint density at radius 2 is 2.14 bits per heavy atom. The normalized spacial score (nSPS) is 16.4. The number of hydrogen-bond acceptors (Lipinski definition) is 6. The molecule has 0 aliphatic carbocycles. The molecule has 0 bridgehead atoms. The van der Waals surface area contributed by atoms with Gasteiger partial charge in [0.1, 0.15) is 17.2 Å². The van der Waals surface area contributed by atoms with E-state index >= 15 is 0 Å². The van der Waals surface area contributed by atoms with E-state index in [4.69, 9.17) is 9.15 Å².